The van der Waals surface area contributed by atoms with Crippen molar-refractivity contribution in [3.8, 4) is 5.75 Å². The average molecular weight is 290 g/mol. The van der Waals surface area contributed by atoms with Crippen LogP contribution in [-0.2, 0) is 0 Å². The predicted octanol–water partition coefficient (Wildman–Crippen LogP) is 2.72. The van der Waals surface area contributed by atoms with E-state index in [-0.39, 0.29) is 17.0 Å². The van der Waals surface area contributed by atoms with Crippen molar-refractivity contribution in [2.24, 2.45) is 0 Å². The van der Waals surface area contributed by atoms with Crippen LogP contribution in [0.4, 0.5) is 15.8 Å². The highest BCUT2D eigenvalue weighted by Crippen LogP contribution is 2.27. The molecule has 0 unspecified atom stereocenters. The molecule has 0 fully saturated rings. The third kappa shape index (κ3) is 2.81. The van der Waals surface area contributed by atoms with Crippen LogP contribution in [0.2, 0.25) is 0 Å². The van der Waals surface area contributed by atoms with Crippen LogP contribution in [0, 0.1) is 15.9 Å². The van der Waals surface area contributed by atoms with E-state index in [0.717, 1.165) is 23.1 Å². The first-order valence-electron chi connectivity index (χ1n) is 5.92. The summed E-state index contributed by atoms with van der Waals surface area (Å²) in [6.07, 6.45) is 0. The second kappa shape index (κ2) is 5.58. The number of para-hydroxylation sites is 1. The number of aromatic hydroxyl groups is 1. The van der Waals surface area contributed by atoms with Crippen LogP contribution in [0.25, 0.3) is 0 Å². The third-order valence-electron chi connectivity index (χ3n) is 2.93. The molecule has 0 aliphatic rings. The number of hydrogen-bond donors (Lipinski definition) is 1. The van der Waals surface area contributed by atoms with Gasteiger partial charge in [-0.05, 0) is 24.3 Å². The first kappa shape index (κ1) is 14.4. The first-order valence-corrected chi connectivity index (χ1v) is 5.92. The minimum Gasteiger partial charge on any atom is -0.508 e. The summed E-state index contributed by atoms with van der Waals surface area (Å²) in [5, 5.41) is 20.4. The van der Waals surface area contributed by atoms with Gasteiger partial charge in [-0.3, -0.25) is 14.9 Å². The molecule has 2 aromatic carbocycles. The number of carbonyl (C=O) groups excluding carboxylic acids is 1. The Morgan fingerprint density at radius 2 is 1.95 bits per heavy atom. The molecule has 0 heterocycles. The van der Waals surface area contributed by atoms with E-state index in [9.17, 15) is 24.4 Å². The topological polar surface area (TPSA) is 83.7 Å². The molecule has 0 aliphatic carbocycles. The molecule has 0 radical (unpaired) electrons. The Labute approximate surface area is 119 Å². The van der Waals surface area contributed by atoms with Crippen molar-refractivity contribution < 1.29 is 19.2 Å². The Bertz CT molecular complexity index is 718. The van der Waals surface area contributed by atoms with Crippen molar-refractivity contribution in [2.45, 2.75) is 0 Å². The van der Waals surface area contributed by atoms with Crippen molar-refractivity contribution in [1.29, 1.82) is 0 Å². The number of nitro benzene ring substituents is 1. The summed E-state index contributed by atoms with van der Waals surface area (Å²) in [5.41, 5.74) is -0.785. The highest BCUT2D eigenvalue weighted by Gasteiger charge is 2.25. The molecule has 7 heteroatoms. The predicted molar refractivity (Wildman–Crippen MR) is 73.9 cm³/mol. The minimum absolute atomic E-state index is 0.0138. The smallest absolute Gasteiger partial charge is 0.282 e. The Morgan fingerprint density at radius 3 is 2.57 bits per heavy atom. The maximum atomic E-state index is 13.7. The molecule has 0 aliphatic heterocycles. The normalized spacial score (nSPS) is 10.2. The number of rotatable bonds is 3. The molecule has 0 spiro atoms. The van der Waals surface area contributed by atoms with E-state index < -0.39 is 22.3 Å². The molecule has 2 rings (SSSR count). The summed E-state index contributed by atoms with van der Waals surface area (Å²) < 4.78 is 13.7. The van der Waals surface area contributed by atoms with Gasteiger partial charge in [0.15, 0.2) is 0 Å². The zero-order valence-electron chi connectivity index (χ0n) is 11.0. The summed E-state index contributed by atoms with van der Waals surface area (Å²) in [6.45, 7) is 0. The maximum absolute atomic E-state index is 13.7. The van der Waals surface area contributed by atoms with E-state index in [2.05, 4.69) is 0 Å². The number of halogens is 1. The van der Waals surface area contributed by atoms with Crippen molar-refractivity contribution in [3.63, 3.8) is 0 Å². The number of nitrogens with zero attached hydrogens (tertiary/aromatic N) is 2. The van der Waals surface area contributed by atoms with Crippen LogP contribution in [0.3, 0.4) is 0 Å². The van der Waals surface area contributed by atoms with Crippen LogP contribution < -0.4 is 4.90 Å². The standard InChI is InChI=1S/C14H11FN2O4/c1-16(13-5-3-2-4-11(13)15)14(19)10-8-9(18)6-7-12(10)17(20)21/h2-8,18H,1H3. The van der Waals surface area contributed by atoms with Crippen molar-refractivity contribution in [2.75, 3.05) is 11.9 Å². The van der Waals surface area contributed by atoms with Crippen LogP contribution in [0.15, 0.2) is 42.5 Å². The van der Waals surface area contributed by atoms with Gasteiger partial charge in [0.1, 0.15) is 17.1 Å². The third-order valence-corrected chi connectivity index (χ3v) is 2.93. The molecule has 2 aromatic rings. The number of hydrogen-bond acceptors (Lipinski definition) is 4. The van der Waals surface area contributed by atoms with Gasteiger partial charge in [-0.15, -0.1) is 0 Å². The molecule has 6 nitrogen and oxygen atoms in total. The molecule has 108 valence electrons. The number of carbonyl (C=O) groups is 1. The summed E-state index contributed by atoms with van der Waals surface area (Å²) in [7, 11) is 1.30. The lowest BCUT2D eigenvalue weighted by atomic mass is 10.1. The molecule has 0 aromatic heterocycles. The molecule has 1 amide bonds. The average Bonchev–Trinajstić information content (AvgIpc) is 2.45. The van der Waals surface area contributed by atoms with Crippen LogP contribution in [0.5, 0.6) is 5.75 Å². The second-order valence-corrected chi connectivity index (χ2v) is 4.27. The number of nitro groups is 1. The van der Waals surface area contributed by atoms with E-state index in [1.54, 1.807) is 6.07 Å². The van der Waals surface area contributed by atoms with Crippen molar-refractivity contribution >= 4 is 17.3 Å². The lowest BCUT2D eigenvalue weighted by molar-refractivity contribution is -0.385. The molecule has 0 atom stereocenters. The Morgan fingerprint density at radius 1 is 1.29 bits per heavy atom. The Hall–Kier alpha value is -2.96. The molecule has 0 bridgehead atoms. The van der Waals surface area contributed by atoms with Gasteiger partial charge in [0.2, 0.25) is 0 Å². The van der Waals surface area contributed by atoms with Gasteiger partial charge >= 0.3 is 0 Å². The minimum atomic E-state index is -0.789. The van der Waals surface area contributed by atoms with Gasteiger partial charge in [-0.25, -0.2) is 4.39 Å². The SMILES string of the molecule is CN(C(=O)c1cc(O)ccc1[N+](=O)[O-])c1ccccc1F. The summed E-state index contributed by atoms with van der Waals surface area (Å²) in [6, 6.07) is 8.68. The van der Waals surface area contributed by atoms with Gasteiger partial charge in [0, 0.05) is 13.1 Å². The first-order chi connectivity index (χ1) is 9.91. The number of phenols is 1. The quantitative estimate of drug-likeness (QED) is 0.695. The lowest BCUT2D eigenvalue weighted by Crippen LogP contribution is -2.27. The van der Waals surface area contributed by atoms with Gasteiger partial charge in [0.25, 0.3) is 11.6 Å². The van der Waals surface area contributed by atoms with E-state index in [4.69, 9.17) is 0 Å². The Balaban J connectivity index is 2.47. The number of benzene rings is 2. The zero-order valence-corrected chi connectivity index (χ0v) is 11.0. The van der Waals surface area contributed by atoms with Gasteiger partial charge in [-0.2, -0.15) is 0 Å². The van der Waals surface area contributed by atoms with Crippen LogP contribution in [0.1, 0.15) is 10.4 Å². The summed E-state index contributed by atoms with van der Waals surface area (Å²) in [5.74, 6) is -1.70. The number of anilines is 1. The van der Waals surface area contributed by atoms with E-state index in [1.807, 2.05) is 0 Å². The van der Waals surface area contributed by atoms with Gasteiger partial charge < -0.3 is 10.0 Å². The Kier molecular flexibility index (Phi) is 3.84. The largest absolute Gasteiger partial charge is 0.508 e. The number of amides is 1. The molecule has 21 heavy (non-hydrogen) atoms. The lowest BCUT2D eigenvalue weighted by Gasteiger charge is -2.18. The fraction of sp³-hybridized carbons (Fsp3) is 0.0714. The molecule has 0 saturated carbocycles. The molecular formula is C14H11FN2O4. The fourth-order valence-electron chi connectivity index (χ4n) is 1.87. The summed E-state index contributed by atoms with van der Waals surface area (Å²) >= 11 is 0. The number of phenolic OH excluding ortho intramolecular Hbond substituents is 1. The van der Waals surface area contributed by atoms with E-state index >= 15 is 0 Å². The monoisotopic (exact) mass is 290 g/mol. The van der Waals surface area contributed by atoms with Gasteiger partial charge in [0.05, 0.1) is 10.6 Å². The molecule has 0 saturated heterocycles. The fourth-order valence-corrected chi connectivity index (χ4v) is 1.87. The van der Waals surface area contributed by atoms with Crippen molar-refractivity contribution in [1.82, 2.24) is 0 Å². The van der Waals surface area contributed by atoms with Gasteiger partial charge in [-0.1, -0.05) is 12.1 Å². The highest BCUT2D eigenvalue weighted by atomic mass is 19.1. The van der Waals surface area contributed by atoms with Crippen molar-refractivity contribution in [3.05, 3.63) is 64.0 Å². The van der Waals surface area contributed by atoms with E-state index in [0.29, 0.717) is 0 Å². The maximum Gasteiger partial charge on any atom is 0.282 e. The summed E-state index contributed by atoms with van der Waals surface area (Å²) in [4.78, 5) is 23.5. The highest BCUT2D eigenvalue weighted by molar-refractivity contribution is 6.08. The zero-order chi connectivity index (χ0) is 15.6. The molecular weight excluding hydrogens is 279 g/mol. The molecule has 1 N–H and O–H groups in total. The van der Waals surface area contributed by atoms with Crippen LogP contribution in [-0.4, -0.2) is 23.0 Å². The van der Waals surface area contributed by atoms with E-state index in [1.165, 1.54) is 25.2 Å². The van der Waals surface area contributed by atoms with Crippen LogP contribution >= 0.6 is 0 Å². The second-order valence-electron chi connectivity index (χ2n) is 4.27.